The van der Waals surface area contributed by atoms with Gasteiger partial charge in [0.1, 0.15) is 11.6 Å². The quantitative estimate of drug-likeness (QED) is 0.889. The Hall–Kier alpha value is -2.11. The first-order valence-corrected chi connectivity index (χ1v) is 6.40. The van der Waals surface area contributed by atoms with Gasteiger partial charge in [0.2, 0.25) is 5.91 Å². The smallest absolute Gasteiger partial charge is 0.408 e. The maximum absolute atomic E-state index is 12.0. The first-order valence-electron chi connectivity index (χ1n) is 6.40. The standard InChI is InChI=1S/C14H21N3O3/c1-9-6-7-15-8-11(9)17-12(18)10(2)16-13(19)20-14(3,4)5/h6-8,10H,1-5H3,(H,16,19)(H,17,18). The number of carbonyl (C=O) groups is 2. The van der Waals surface area contributed by atoms with Crippen LogP contribution in [0.25, 0.3) is 0 Å². The first-order chi connectivity index (χ1) is 9.19. The molecule has 0 bridgehead atoms. The summed E-state index contributed by atoms with van der Waals surface area (Å²) >= 11 is 0. The molecular weight excluding hydrogens is 258 g/mol. The summed E-state index contributed by atoms with van der Waals surface area (Å²) < 4.78 is 5.09. The van der Waals surface area contributed by atoms with Crippen LogP contribution in [0.5, 0.6) is 0 Å². The highest BCUT2D eigenvalue weighted by molar-refractivity contribution is 5.96. The Labute approximate surface area is 118 Å². The lowest BCUT2D eigenvalue weighted by molar-refractivity contribution is -0.117. The van der Waals surface area contributed by atoms with Crippen LogP contribution in [-0.2, 0) is 9.53 Å². The molecular formula is C14H21N3O3. The molecule has 2 N–H and O–H groups in total. The molecule has 0 aliphatic carbocycles. The van der Waals surface area contributed by atoms with Crippen molar-refractivity contribution < 1.29 is 14.3 Å². The Morgan fingerprint density at radius 2 is 2.00 bits per heavy atom. The Morgan fingerprint density at radius 3 is 2.55 bits per heavy atom. The predicted octanol–water partition coefficient (Wildman–Crippen LogP) is 2.24. The summed E-state index contributed by atoms with van der Waals surface area (Å²) in [6.07, 6.45) is 2.59. The number of nitrogens with one attached hydrogen (secondary N) is 2. The number of ether oxygens (including phenoxy) is 1. The van der Waals surface area contributed by atoms with E-state index < -0.39 is 17.7 Å². The molecule has 1 rings (SSSR count). The van der Waals surface area contributed by atoms with Crippen molar-refractivity contribution in [2.75, 3.05) is 5.32 Å². The summed E-state index contributed by atoms with van der Waals surface area (Å²) in [7, 11) is 0. The van der Waals surface area contributed by atoms with E-state index in [1.165, 1.54) is 0 Å². The summed E-state index contributed by atoms with van der Waals surface area (Å²) in [4.78, 5) is 27.5. The SMILES string of the molecule is Cc1ccncc1NC(=O)C(C)NC(=O)OC(C)(C)C. The fraction of sp³-hybridized carbons (Fsp3) is 0.500. The zero-order valence-corrected chi connectivity index (χ0v) is 12.5. The van der Waals surface area contributed by atoms with Crippen molar-refractivity contribution in [2.45, 2.75) is 46.3 Å². The van der Waals surface area contributed by atoms with Crippen LogP contribution in [-0.4, -0.2) is 28.6 Å². The highest BCUT2D eigenvalue weighted by Crippen LogP contribution is 2.12. The molecule has 6 nitrogen and oxygen atoms in total. The average molecular weight is 279 g/mol. The van der Waals surface area contributed by atoms with Gasteiger partial charge in [0.05, 0.1) is 11.9 Å². The maximum atomic E-state index is 12.0. The first kappa shape index (κ1) is 15.9. The van der Waals surface area contributed by atoms with Gasteiger partial charge in [-0.1, -0.05) is 0 Å². The van der Waals surface area contributed by atoms with E-state index in [0.717, 1.165) is 5.56 Å². The van der Waals surface area contributed by atoms with Crippen LogP contribution in [0.2, 0.25) is 0 Å². The van der Waals surface area contributed by atoms with E-state index >= 15 is 0 Å². The summed E-state index contributed by atoms with van der Waals surface area (Å²) in [5.41, 5.74) is 0.924. The monoisotopic (exact) mass is 279 g/mol. The number of aromatic nitrogens is 1. The van der Waals surface area contributed by atoms with Gasteiger partial charge in [0, 0.05) is 6.20 Å². The molecule has 0 aliphatic rings. The van der Waals surface area contributed by atoms with Gasteiger partial charge in [0.15, 0.2) is 0 Å². The molecule has 1 aromatic rings. The number of rotatable bonds is 3. The Kier molecular flexibility index (Phi) is 5.07. The van der Waals surface area contributed by atoms with Gasteiger partial charge in [-0.2, -0.15) is 0 Å². The zero-order valence-electron chi connectivity index (χ0n) is 12.5. The second-order valence-electron chi connectivity index (χ2n) is 5.55. The van der Waals surface area contributed by atoms with E-state index in [9.17, 15) is 9.59 Å². The van der Waals surface area contributed by atoms with Gasteiger partial charge in [0.25, 0.3) is 0 Å². The number of alkyl carbamates (subject to hydrolysis) is 1. The summed E-state index contributed by atoms with van der Waals surface area (Å²) in [6.45, 7) is 8.73. The van der Waals surface area contributed by atoms with Crippen LogP contribution >= 0.6 is 0 Å². The highest BCUT2D eigenvalue weighted by Gasteiger charge is 2.21. The lowest BCUT2D eigenvalue weighted by Crippen LogP contribution is -2.44. The van der Waals surface area contributed by atoms with Crippen molar-refractivity contribution in [3.63, 3.8) is 0 Å². The van der Waals surface area contributed by atoms with Crippen LogP contribution in [0.4, 0.5) is 10.5 Å². The summed E-state index contributed by atoms with van der Waals surface area (Å²) in [5.74, 6) is -0.327. The minimum absolute atomic E-state index is 0.327. The molecule has 110 valence electrons. The van der Waals surface area contributed by atoms with Gasteiger partial charge in [-0.15, -0.1) is 0 Å². The van der Waals surface area contributed by atoms with Crippen LogP contribution in [0.1, 0.15) is 33.3 Å². The second kappa shape index (κ2) is 6.36. The van der Waals surface area contributed by atoms with Crippen LogP contribution in [0.15, 0.2) is 18.5 Å². The lowest BCUT2D eigenvalue weighted by Gasteiger charge is -2.21. The van der Waals surface area contributed by atoms with Crippen molar-refractivity contribution in [3.8, 4) is 0 Å². The number of amides is 2. The molecule has 0 radical (unpaired) electrons. The molecule has 0 aliphatic heterocycles. The molecule has 1 unspecified atom stereocenters. The van der Waals surface area contributed by atoms with Crippen LogP contribution in [0.3, 0.4) is 0 Å². The number of anilines is 1. The molecule has 6 heteroatoms. The van der Waals surface area contributed by atoms with Crippen LogP contribution < -0.4 is 10.6 Å². The lowest BCUT2D eigenvalue weighted by atomic mass is 10.2. The third kappa shape index (κ3) is 5.26. The number of hydrogen-bond acceptors (Lipinski definition) is 4. The fourth-order valence-electron chi connectivity index (χ4n) is 1.39. The van der Waals surface area contributed by atoms with Gasteiger partial charge in [-0.05, 0) is 46.2 Å². The summed E-state index contributed by atoms with van der Waals surface area (Å²) in [5, 5.41) is 5.19. The van der Waals surface area contributed by atoms with Gasteiger partial charge >= 0.3 is 6.09 Å². The minimum atomic E-state index is -0.704. The molecule has 1 aromatic heterocycles. The van der Waals surface area contributed by atoms with E-state index in [4.69, 9.17) is 4.74 Å². The van der Waals surface area contributed by atoms with E-state index in [0.29, 0.717) is 5.69 Å². The van der Waals surface area contributed by atoms with E-state index in [1.807, 2.05) is 6.92 Å². The molecule has 0 aromatic carbocycles. The number of hydrogen-bond donors (Lipinski definition) is 2. The number of pyridine rings is 1. The average Bonchev–Trinajstić information content (AvgIpc) is 2.29. The molecule has 2 amide bonds. The topological polar surface area (TPSA) is 80.3 Å². The molecule has 0 saturated heterocycles. The highest BCUT2D eigenvalue weighted by atomic mass is 16.6. The Morgan fingerprint density at radius 1 is 1.35 bits per heavy atom. The molecule has 1 atom stereocenters. The zero-order chi connectivity index (χ0) is 15.3. The number of nitrogens with zero attached hydrogens (tertiary/aromatic N) is 1. The Bertz CT molecular complexity index is 495. The third-order valence-corrected chi connectivity index (χ3v) is 2.42. The maximum Gasteiger partial charge on any atom is 0.408 e. The number of carbonyl (C=O) groups excluding carboxylic acids is 2. The number of aryl methyl sites for hydroxylation is 1. The molecule has 0 fully saturated rings. The van der Waals surface area contributed by atoms with Crippen LogP contribution in [0, 0.1) is 6.92 Å². The van der Waals surface area contributed by atoms with Crippen molar-refractivity contribution >= 4 is 17.7 Å². The molecule has 1 heterocycles. The Balaban J connectivity index is 2.56. The molecule has 0 spiro atoms. The minimum Gasteiger partial charge on any atom is -0.444 e. The fourth-order valence-corrected chi connectivity index (χ4v) is 1.39. The second-order valence-corrected chi connectivity index (χ2v) is 5.55. The van der Waals surface area contributed by atoms with Gasteiger partial charge < -0.3 is 15.4 Å². The van der Waals surface area contributed by atoms with Gasteiger partial charge in [-0.25, -0.2) is 4.79 Å². The molecule has 20 heavy (non-hydrogen) atoms. The predicted molar refractivity (Wildman–Crippen MR) is 76.4 cm³/mol. The third-order valence-electron chi connectivity index (χ3n) is 2.42. The van der Waals surface area contributed by atoms with Crippen molar-refractivity contribution in [2.24, 2.45) is 0 Å². The largest absolute Gasteiger partial charge is 0.444 e. The molecule has 0 saturated carbocycles. The van der Waals surface area contributed by atoms with Crippen molar-refractivity contribution in [1.82, 2.24) is 10.3 Å². The summed E-state index contributed by atoms with van der Waals surface area (Å²) in [6, 6.07) is 1.09. The van der Waals surface area contributed by atoms with E-state index in [2.05, 4.69) is 15.6 Å². The van der Waals surface area contributed by atoms with E-state index in [-0.39, 0.29) is 5.91 Å². The normalized spacial score (nSPS) is 12.4. The van der Waals surface area contributed by atoms with Gasteiger partial charge in [-0.3, -0.25) is 9.78 Å². The van der Waals surface area contributed by atoms with Crippen molar-refractivity contribution in [1.29, 1.82) is 0 Å². The van der Waals surface area contributed by atoms with Crippen molar-refractivity contribution in [3.05, 3.63) is 24.0 Å². The van der Waals surface area contributed by atoms with E-state index in [1.54, 1.807) is 46.2 Å².